The molecule has 2 aliphatic heterocycles. The summed E-state index contributed by atoms with van der Waals surface area (Å²) in [7, 11) is 0. The van der Waals surface area contributed by atoms with Crippen LogP contribution in [0.1, 0.15) is 32.3 Å². The number of allylic oxidation sites excluding steroid dienone is 3. The maximum Gasteiger partial charge on any atom is 0.231 e. The number of benzene rings is 1. The molecule has 0 bridgehead atoms. The zero-order valence-electron chi connectivity index (χ0n) is 13.7. The van der Waals surface area contributed by atoms with Crippen LogP contribution < -0.4 is 15.2 Å². The lowest BCUT2D eigenvalue weighted by atomic mass is 9.79. The molecule has 1 atom stereocenters. The summed E-state index contributed by atoms with van der Waals surface area (Å²) < 4.78 is 16.4. The number of nitriles is 2. The first-order valence-electron chi connectivity index (χ1n) is 7.48. The van der Waals surface area contributed by atoms with E-state index in [-0.39, 0.29) is 18.2 Å². The lowest BCUT2D eigenvalue weighted by Gasteiger charge is -2.32. The Morgan fingerprint density at radius 2 is 1.75 bits per heavy atom. The van der Waals surface area contributed by atoms with Crippen molar-refractivity contribution in [3.63, 3.8) is 0 Å². The Labute approximate surface area is 140 Å². The predicted octanol–water partition coefficient (Wildman–Crippen LogP) is 3.05. The summed E-state index contributed by atoms with van der Waals surface area (Å²) in [5.41, 5.74) is 6.88. The summed E-state index contributed by atoms with van der Waals surface area (Å²) in [5.74, 6) is 1.15. The molecule has 24 heavy (non-hydrogen) atoms. The minimum absolute atomic E-state index is 0.0316. The molecule has 0 aromatic heterocycles. The molecule has 0 unspecified atom stereocenters. The van der Waals surface area contributed by atoms with Gasteiger partial charge in [0.25, 0.3) is 0 Å². The fourth-order valence-corrected chi connectivity index (χ4v) is 2.86. The van der Waals surface area contributed by atoms with Crippen LogP contribution >= 0.6 is 0 Å². The van der Waals surface area contributed by atoms with Crippen molar-refractivity contribution in [3.8, 4) is 23.6 Å². The van der Waals surface area contributed by atoms with Crippen LogP contribution in [0.5, 0.6) is 11.5 Å². The number of rotatable bonds is 1. The van der Waals surface area contributed by atoms with Gasteiger partial charge in [0.2, 0.25) is 12.7 Å². The van der Waals surface area contributed by atoms with E-state index in [0.29, 0.717) is 22.8 Å². The molecule has 122 valence electrons. The summed E-state index contributed by atoms with van der Waals surface area (Å²) in [6, 6.07) is 9.64. The molecule has 1 aromatic rings. The van der Waals surface area contributed by atoms with E-state index >= 15 is 0 Å². The van der Waals surface area contributed by atoms with Crippen LogP contribution in [0, 0.1) is 28.1 Å². The summed E-state index contributed by atoms with van der Waals surface area (Å²) in [6.07, 6.45) is 0. The van der Waals surface area contributed by atoms with Gasteiger partial charge in [0, 0.05) is 5.41 Å². The Bertz CT molecular complexity index is 848. The topological polar surface area (TPSA) is 101 Å². The summed E-state index contributed by atoms with van der Waals surface area (Å²) in [6.45, 7) is 5.95. The highest BCUT2D eigenvalue weighted by Gasteiger charge is 2.37. The van der Waals surface area contributed by atoms with Crippen LogP contribution in [0.3, 0.4) is 0 Å². The van der Waals surface area contributed by atoms with Gasteiger partial charge >= 0.3 is 0 Å². The molecule has 0 saturated carbocycles. The third-order valence-electron chi connectivity index (χ3n) is 3.95. The second-order valence-corrected chi connectivity index (χ2v) is 6.64. The van der Waals surface area contributed by atoms with Crippen LogP contribution in [-0.2, 0) is 4.74 Å². The fraction of sp³-hybridized carbons (Fsp3) is 0.333. The molecule has 2 N–H and O–H groups in total. The Hall–Kier alpha value is -3.12. The molecular formula is C18H17N3O3. The monoisotopic (exact) mass is 323 g/mol. The third kappa shape index (κ3) is 2.43. The Balaban J connectivity index is 2.20. The minimum atomic E-state index is -0.586. The van der Waals surface area contributed by atoms with E-state index in [1.807, 2.05) is 26.8 Å². The average molecular weight is 323 g/mol. The Kier molecular flexibility index (Phi) is 3.62. The van der Waals surface area contributed by atoms with Crippen LogP contribution in [0.4, 0.5) is 0 Å². The number of nitrogens with zero attached hydrogens (tertiary/aromatic N) is 2. The van der Waals surface area contributed by atoms with E-state index in [4.69, 9.17) is 19.9 Å². The van der Waals surface area contributed by atoms with Crippen molar-refractivity contribution in [1.29, 1.82) is 10.5 Å². The molecule has 0 fully saturated rings. The number of ether oxygens (including phenoxy) is 3. The highest BCUT2D eigenvalue weighted by molar-refractivity contribution is 5.57. The van der Waals surface area contributed by atoms with Gasteiger partial charge in [0.15, 0.2) is 11.5 Å². The second-order valence-electron chi connectivity index (χ2n) is 6.64. The molecule has 0 radical (unpaired) electrons. The van der Waals surface area contributed by atoms with E-state index in [1.165, 1.54) is 0 Å². The van der Waals surface area contributed by atoms with E-state index in [9.17, 15) is 10.5 Å². The fourth-order valence-electron chi connectivity index (χ4n) is 2.86. The quantitative estimate of drug-likeness (QED) is 0.852. The van der Waals surface area contributed by atoms with Crippen LogP contribution in [0.2, 0.25) is 0 Å². The smallest absolute Gasteiger partial charge is 0.231 e. The minimum Gasteiger partial charge on any atom is -0.454 e. The van der Waals surface area contributed by atoms with Gasteiger partial charge in [-0.25, -0.2) is 0 Å². The molecule has 0 saturated heterocycles. The normalized spacial score (nSPS) is 19.6. The lowest BCUT2D eigenvalue weighted by molar-refractivity contribution is 0.174. The highest BCUT2D eigenvalue weighted by Crippen LogP contribution is 2.45. The van der Waals surface area contributed by atoms with Crippen LogP contribution in [-0.4, -0.2) is 6.79 Å². The second kappa shape index (κ2) is 5.50. The van der Waals surface area contributed by atoms with E-state index in [0.717, 1.165) is 5.56 Å². The van der Waals surface area contributed by atoms with Gasteiger partial charge < -0.3 is 19.9 Å². The number of fused-ring (bicyclic) bond motifs is 1. The van der Waals surface area contributed by atoms with Crippen molar-refractivity contribution in [2.45, 2.75) is 26.7 Å². The molecule has 0 aliphatic carbocycles. The predicted molar refractivity (Wildman–Crippen MR) is 85.3 cm³/mol. The van der Waals surface area contributed by atoms with E-state index < -0.39 is 11.3 Å². The highest BCUT2D eigenvalue weighted by atomic mass is 16.7. The van der Waals surface area contributed by atoms with Crippen molar-refractivity contribution >= 4 is 0 Å². The maximum atomic E-state index is 9.73. The van der Waals surface area contributed by atoms with Gasteiger partial charge in [-0.1, -0.05) is 26.8 Å². The van der Waals surface area contributed by atoms with Crippen molar-refractivity contribution in [3.05, 3.63) is 46.6 Å². The first-order chi connectivity index (χ1) is 11.4. The van der Waals surface area contributed by atoms with E-state index in [1.54, 1.807) is 12.1 Å². The largest absolute Gasteiger partial charge is 0.454 e. The number of nitrogens with two attached hydrogens (primary N) is 1. The molecular weight excluding hydrogens is 306 g/mol. The van der Waals surface area contributed by atoms with Gasteiger partial charge in [-0.05, 0) is 17.7 Å². The van der Waals surface area contributed by atoms with Crippen LogP contribution in [0.25, 0.3) is 0 Å². The SMILES string of the molecule is CC(C)(C)C1=C(C#N)[C@@H](c2ccc3c(c2)OCO3)C(C#N)=C(N)O1. The zero-order chi connectivity index (χ0) is 17.5. The van der Waals surface area contributed by atoms with Crippen LogP contribution in [0.15, 0.2) is 41.0 Å². The molecule has 3 rings (SSSR count). The molecule has 6 heteroatoms. The van der Waals surface area contributed by atoms with Crippen molar-refractivity contribution in [1.82, 2.24) is 0 Å². The van der Waals surface area contributed by atoms with Gasteiger partial charge in [0.1, 0.15) is 17.4 Å². The summed E-state index contributed by atoms with van der Waals surface area (Å²) in [5, 5.41) is 19.3. The van der Waals surface area contributed by atoms with Gasteiger partial charge in [-0.3, -0.25) is 0 Å². The van der Waals surface area contributed by atoms with Gasteiger partial charge in [0.05, 0.1) is 17.6 Å². The Morgan fingerprint density at radius 3 is 2.38 bits per heavy atom. The number of hydrogen-bond donors (Lipinski definition) is 1. The first kappa shape index (κ1) is 15.8. The first-order valence-corrected chi connectivity index (χ1v) is 7.48. The average Bonchev–Trinajstić information content (AvgIpc) is 3.00. The third-order valence-corrected chi connectivity index (χ3v) is 3.95. The van der Waals surface area contributed by atoms with Gasteiger partial charge in [-0.2, -0.15) is 10.5 Å². The maximum absolute atomic E-state index is 9.73. The molecule has 0 spiro atoms. The van der Waals surface area contributed by atoms with Crippen molar-refractivity contribution < 1.29 is 14.2 Å². The Morgan fingerprint density at radius 1 is 1.08 bits per heavy atom. The molecule has 6 nitrogen and oxygen atoms in total. The van der Waals surface area contributed by atoms with E-state index in [2.05, 4.69) is 12.1 Å². The summed E-state index contributed by atoms with van der Waals surface area (Å²) >= 11 is 0. The number of hydrogen-bond acceptors (Lipinski definition) is 6. The lowest BCUT2D eigenvalue weighted by Crippen LogP contribution is -2.26. The zero-order valence-corrected chi connectivity index (χ0v) is 13.7. The summed E-state index contributed by atoms with van der Waals surface area (Å²) in [4.78, 5) is 0. The van der Waals surface area contributed by atoms with Gasteiger partial charge in [-0.15, -0.1) is 0 Å². The molecule has 1 aromatic carbocycles. The molecule has 2 heterocycles. The molecule has 0 amide bonds. The van der Waals surface area contributed by atoms with Crippen molar-refractivity contribution in [2.24, 2.45) is 11.1 Å². The standard InChI is InChI=1S/C18H17N3O3/c1-18(2,3)16-11(7-19)15(12(8-20)17(21)24-16)10-4-5-13-14(6-10)23-9-22-13/h4-6,15H,9,21H2,1-3H3/t15-/m1/s1. The molecule has 2 aliphatic rings. The van der Waals surface area contributed by atoms with Crippen molar-refractivity contribution in [2.75, 3.05) is 6.79 Å².